The Hall–Kier alpha value is -0.680. The van der Waals surface area contributed by atoms with E-state index in [1.807, 2.05) is 4.90 Å². The Bertz CT molecular complexity index is 369. The fourth-order valence-electron chi connectivity index (χ4n) is 1.49. The van der Waals surface area contributed by atoms with Crippen LogP contribution in [0.2, 0.25) is 4.47 Å². The Morgan fingerprint density at radius 2 is 2.18 bits per heavy atom. The summed E-state index contributed by atoms with van der Waals surface area (Å²) in [6, 6.07) is 0.219. The maximum absolute atomic E-state index is 12.2. The molecule has 1 aromatic heterocycles. The predicted molar refractivity (Wildman–Crippen MR) is 70.6 cm³/mol. The molecule has 1 heterocycles. The minimum absolute atomic E-state index is 0.0581. The molecule has 1 rings (SSSR count). The zero-order chi connectivity index (χ0) is 12.8. The molecule has 0 fully saturated rings. The van der Waals surface area contributed by atoms with E-state index in [1.165, 1.54) is 0 Å². The molecule has 17 heavy (non-hydrogen) atoms. The minimum Gasteiger partial charge on any atom is -0.334 e. The van der Waals surface area contributed by atoms with Gasteiger partial charge in [-0.05, 0) is 31.4 Å². The second-order valence-corrected chi connectivity index (χ2v) is 5.53. The Kier molecular flexibility index (Phi) is 5.85. The summed E-state index contributed by atoms with van der Waals surface area (Å²) in [7, 11) is 0. The molecule has 1 atom stereocenters. The van der Waals surface area contributed by atoms with Gasteiger partial charge in [0.25, 0.3) is 5.91 Å². The van der Waals surface area contributed by atoms with Gasteiger partial charge in [-0.2, -0.15) is 0 Å². The fraction of sp³-hybridized carbons (Fsp3) is 0.727. The smallest absolute Gasteiger partial charge is 0.285 e. The van der Waals surface area contributed by atoms with Crippen LogP contribution in [0.5, 0.6) is 0 Å². The van der Waals surface area contributed by atoms with E-state index in [-0.39, 0.29) is 11.9 Å². The standard InChI is InChI=1S/C11H18ClN3OS/c1-4-6-7-15(8(3)5-2)10(16)9-13-14-11(12)17-9/h8H,4-7H2,1-3H3. The van der Waals surface area contributed by atoms with E-state index in [1.54, 1.807) is 0 Å². The molecule has 0 aliphatic rings. The Morgan fingerprint density at radius 1 is 1.47 bits per heavy atom. The molecular weight excluding hydrogens is 258 g/mol. The average molecular weight is 276 g/mol. The van der Waals surface area contributed by atoms with Crippen molar-refractivity contribution in [2.24, 2.45) is 0 Å². The van der Waals surface area contributed by atoms with E-state index in [0.29, 0.717) is 9.47 Å². The molecule has 1 amide bonds. The first-order valence-electron chi connectivity index (χ1n) is 5.90. The number of unbranched alkanes of at least 4 members (excludes halogenated alkanes) is 1. The van der Waals surface area contributed by atoms with E-state index < -0.39 is 0 Å². The third-order valence-corrected chi connectivity index (χ3v) is 3.73. The van der Waals surface area contributed by atoms with Crippen molar-refractivity contribution in [1.29, 1.82) is 0 Å². The number of amides is 1. The first-order chi connectivity index (χ1) is 8.10. The molecule has 0 bridgehead atoms. The van der Waals surface area contributed by atoms with Crippen LogP contribution in [-0.4, -0.2) is 33.6 Å². The summed E-state index contributed by atoms with van der Waals surface area (Å²) in [5.74, 6) is -0.0581. The molecule has 0 aliphatic carbocycles. The quantitative estimate of drug-likeness (QED) is 0.801. The number of rotatable bonds is 6. The monoisotopic (exact) mass is 275 g/mol. The second kappa shape index (κ2) is 6.91. The highest BCUT2D eigenvalue weighted by molar-refractivity contribution is 7.17. The van der Waals surface area contributed by atoms with E-state index in [2.05, 4.69) is 31.0 Å². The lowest BCUT2D eigenvalue weighted by molar-refractivity contribution is 0.0684. The molecule has 0 spiro atoms. The van der Waals surface area contributed by atoms with Gasteiger partial charge in [0.1, 0.15) is 0 Å². The van der Waals surface area contributed by atoms with Gasteiger partial charge in [0.05, 0.1) is 0 Å². The van der Waals surface area contributed by atoms with Gasteiger partial charge >= 0.3 is 0 Å². The number of carbonyl (C=O) groups is 1. The number of hydrogen-bond donors (Lipinski definition) is 0. The summed E-state index contributed by atoms with van der Waals surface area (Å²) in [4.78, 5) is 14.1. The number of aromatic nitrogens is 2. The summed E-state index contributed by atoms with van der Waals surface area (Å²) in [5, 5.41) is 7.86. The molecule has 0 aliphatic heterocycles. The molecule has 0 aromatic carbocycles. The Labute approximate surface area is 111 Å². The highest BCUT2D eigenvalue weighted by Gasteiger charge is 2.23. The van der Waals surface area contributed by atoms with Crippen LogP contribution in [0.1, 0.15) is 49.8 Å². The zero-order valence-electron chi connectivity index (χ0n) is 10.4. The van der Waals surface area contributed by atoms with Crippen LogP contribution >= 0.6 is 22.9 Å². The fourth-order valence-corrected chi connectivity index (χ4v) is 2.27. The molecular formula is C11H18ClN3OS. The molecule has 4 nitrogen and oxygen atoms in total. The van der Waals surface area contributed by atoms with Crippen LogP contribution in [0.15, 0.2) is 0 Å². The van der Waals surface area contributed by atoms with Crippen molar-refractivity contribution in [2.45, 2.75) is 46.1 Å². The van der Waals surface area contributed by atoms with Crippen LogP contribution in [0.4, 0.5) is 0 Å². The van der Waals surface area contributed by atoms with E-state index in [4.69, 9.17) is 11.6 Å². The maximum Gasteiger partial charge on any atom is 0.285 e. The van der Waals surface area contributed by atoms with Crippen LogP contribution < -0.4 is 0 Å². The topological polar surface area (TPSA) is 46.1 Å². The van der Waals surface area contributed by atoms with E-state index in [9.17, 15) is 4.79 Å². The summed E-state index contributed by atoms with van der Waals surface area (Å²) >= 11 is 6.84. The van der Waals surface area contributed by atoms with Gasteiger partial charge in [-0.25, -0.2) is 0 Å². The van der Waals surface area contributed by atoms with Gasteiger partial charge in [0.15, 0.2) is 0 Å². The normalized spacial score (nSPS) is 12.5. The largest absolute Gasteiger partial charge is 0.334 e. The summed E-state index contributed by atoms with van der Waals surface area (Å²) in [6.07, 6.45) is 3.00. The van der Waals surface area contributed by atoms with Crippen molar-refractivity contribution < 1.29 is 4.79 Å². The molecule has 0 N–H and O–H groups in total. The lowest BCUT2D eigenvalue weighted by atomic mass is 10.2. The molecule has 1 aromatic rings. The first-order valence-corrected chi connectivity index (χ1v) is 7.09. The van der Waals surface area contributed by atoms with Crippen LogP contribution in [0.25, 0.3) is 0 Å². The van der Waals surface area contributed by atoms with Crippen molar-refractivity contribution in [3.63, 3.8) is 0 Å². The van der Waals surface area contributed by atoms with E-state index >= 15 is 0 Å². The summed E-state index contributed by atoms with van der Waals surface area (Å²) < 4.78 is 0.313. The van der Waals surface area contributed by atoms with Crippen molar-refractivity contribution in [2.75, 3.05) is 6.54 Å². The van der Waals surface area contributed by atoms with Crippen LogP contribution in [0, 0.1) is 0 Å². The van der Waals surface area contributed by atoms with Crippen LogP contribution in [0.3, 0.4) is 0 Å². The van der Waals surface area contributed by atoms with Gasteiger partial charge in [-0.15, -0.1) is 10.2 Å². The van der Waals surface area contributed by atoms with Gasteiger partial charge in [-0.3, -0.25) is 4.79 Å². The van der Waals surface area contributed by atoms with Crippen molar-refractivity contribution in [3.8, 4) is 0 Å². The second-order valence-electron chi connectivity index (χ2n) is 3.97. The zero-order valence-corrected chi connectivity index (χ0v) is 12.0. The predicted octanol–water partition coefficient (Wildman–Crippen LogP) is 3.23. The number of hydrogen-bond acceptors (Lipinski definition) is 4. The van der Waals surface area contributed by atoms with Crippen molar-refractivity contribution in [3.05, 3.63) is 9.47 Å². The lowest BCUT2D eigenvalue weighted by Gasteiger charge is -2.27. The van der Waals surface area contributed by atoms with E-state index in [0.717, 1.165) is 37.1 Å². The number of carbonyl (C=O) groups excluding carboxylic acids is 1. The molecule has 6 heteroatoms. The molecule has 0 saturated heterocycles. The van der Waals surface area contributed by atoms with Crippen molar-refractivity contribution >= 4 is 28.8 Å². The minimum atomic E-state index is -0.0581. The lowest BCUT2D eigenvalue weighted by Crippen LogP contribution is -2.39. The van der Waals surface area contributed by atoms with Gasteiger partial charge in [0.2, 0.25) is 9.47 Å². The van der Waals surface area contributed by atoms with Crippen LogP contribution in [-0.2, 0) is 0 Å². The third-order valence-electron chi connectivity index (χ3n) is 2.72. The van der Waals surface area contributed by atoms with Gasteiger partial charge in [-0.1, -0.05) is 31.6 Å². The Morgan fingerprint density at radius 3 is 2.65 bits per heavy atom. The summed E-state index contributed by atoms with van der Waals surface area (Å²) in [6.45, 7) is 7.00. The molecule has 1 unspecified atom stereocenters. The maximum atomic E-state index is 12.2. The molecule has 0 radical (unpaired) electrons. The number of halogens is 1. The molecule has 96 valence electrons. The highest BCUT2D eigenvalue weighted by Crippen LogP contribution is 2.18. The highest BCUT2D eigenvalue weighted by atomic mass is 35.5. The van der Waals surface area contributed by atoms with Gasteiger partial charge in [0, 0.05) is 12.6 Å². The average Bonchev–Trinajstić information content (AvgIpc) is 2.75. The third kappa shape index (κ3) is 3.92. The Balaban J connectivity index is 2.78. The number of nitrogens with zero attached hydrogens (tertiary/aromatic N) is 3. The summed E-state index contributed by atoms with van der Waals surface area (Å²) in [5.41, 5.74) is 0. The van der Waals surface area contributed by atoms with Gasteiger partial charge < -0.3 is 4.90 Å². The first kappa shape index (κ1) is 14.4. The SMILES string of the molecule is CCCCN(C(=O)c1nnc(Cl)s1)C(C)CC. The van der Waals surface area contributed by atoms with Crippen molar-refractivity contribution in [1.82, 2.24) is 15.1 Å². The molecule has 0 saturated carbocycles.